The Morgan fingerprint density at radius 2 is 1.95 bits per heavy atom. The summed E-state index contributed by atoms with van der Waals surface area (Å²) < 4.78 is 10.7. The molecule has 20 heavy (non-hydrogen) atoms. The van der Waals surface area contributed by atoms with E-state index in [1.165, 1.54) is 11.1 Å². The van der Waals surface area contributed by atoms with Crippen LogP contribution in [0.25, 0.3) is 6.08 Å². The van der Waals surface area contributed by atoms with Crippen molar-refractivity contribution in [2.45, 2.75) is 33.6 Å². The monoisotopic (exact) mass is 270 g/mol. The van der Waals surface area contributed by atoms with Crippen LogP contribution in [-0.2, 0) is 0 Å². The largest absolute Gasteiger partial charge is 0.454 e. The average Bonchev–Trinajstić information content (AvgIpc) is 2.85. The molecule has 0 saturated carbocycles. The topological polar surface area (TPSA) is 18.5 Å². The van der Waals surface area contributed by atoms with Crippen LogP contribution in [0.15, 0.2) is 47.6 Å². The molecule has 0 amide bonds. The Hall–Kier alpha value is -1.96. The van der Waals surface area contributed by atoms with E-state index in [0.29, 0.717) is 6.79 Å². The molecule has 0 fully saturated rings. The molecule has 0 saturated heterocycles. The first-order valence-electron chi connectivity index (χ1n) is 7.02. The van der Waals surface area contributed by atoms with Gasteiger partial charge in [0.2, 0.25) is 6.79 Å². The van der Waals surface area contributed by atoms with Crippen molar-refractivity contribution in [1.29, 1.82) is 0 Å². The van der Waals surface area contributed by atoms with Gasteiger partial charge < -0.3 is 9.47 Å². The fourth-order valence-electron chi connectivity index (χ4n) is 2.01. The van der Waals surface area contributed by atoms with Gasteiger partial charge in [-0.05, 0) is 51.3 Å². The minimum absolute atomic E-state index is 0.325. The molecular formula is C18H22O2. The number of allylic oxidation sites excluding steroid dienone is 5. The van der Waals surface area contributed by atoms with Crippen LogP contribution in [0.3, 0.4) is 0 Å². The van der Waals surface area contributed by atoms with Crippen LogP contribution in [0, 0.1) is 0 Å². The molecule has 0 bridgehead atoms. The third-order valence-corrected chi connectivity index (χ3v) is 3.16. The number of hydrogen-bond donors (Lipinski definition) is 0. The lowest BCUT2D eigenvalue weighted by Gasteiger charge is -1.98. The molecule has 2 rings (SSSR count). The molecule has 2 nitrogen and oxygen atoms in total. The van der Waals surface area contributed by atoms with Crippen molar-refractivity contribution in [3.05, 3.63) is 53.1 Å². The van der Waals surface area contributed by atoms with E-state index in [0.717, 1.165) is 29.9 Å². The molecule has 0 radical (unpaired) electrons. The van der Waals surface area contributed by atoms with E-state index < -0.39 is 0 Å². The van der Waals surface area contributed by atoms with Crippen molar-refractivity contribution in [3.63, 3.8) is 0 Å². The van der Waals surface area contributed by atoms with Gasteiger partial charge in [0.1, 0.15) is 0 Å². The molecule has 1 aromatic rings. The van der Waals surface area contributed by atoms with Crippen LogP contribution in [-0.4, -0.2) is 6.79 Å². The van der Waals surface area contributed by atoms with Crippen LogP contribution in [0.2, 0.25) is 0 Å². The Bertz CT molecular complexity index is 547. The van der Waals surface area contributed by atoms with E-state index in [1.54, 1.807) is 0 Å². The second-order valence-electron chi connectivity index (χ2n) is 5.30. The predicted octanol–water partition coefficient (Wildman–Crippen LogP) is 5.12. The summed E-state index contributed by atoms with van der Waals surface area (Å²) >= 11 is 0. The van der Waals surface area contributed by atoms with E-state index in [2.05, 4.69) is 45.1 Å². The van der Waals surface area contributed by atoms with E-state index in [1.807, 2.05) is 18.2 Å². The minimum Gasteiger partial charge on any atom is -0.454 e. The summed E-state index contributed by atoms with van der Waals surface area (Å²) in [6, 6.07) is 5.99. The molecule has 0 unspecified atom stereocenters. The number of rotatable bonds is 5. The standard InChI is InChI=1S/C18H22O2/c1-14(2)6-4-7-15(3)8-5-9-16-10-11-17-18(12-16)20-13-19-17/h5-6,8-12H,4,7,13H2,1-3H3/b9-5+,15-8+. The van der Waals surface area contributed by atoms with Gasteiger partial charge in [-0.2, -0.15) is 0 Å². The lowest BCUT2D eigenvalue weighted by Crippen LogP contribution is -1.92. The van der Waals surface area contributed by atoms with Crippen molar-refractivity contribution in [2.24, 2.45) is 0 Å². The highest BCUT2D eigenvalue weighted by molar-refractivity contribution is 5.57. The maximum Gasteiger partial charge on any atom is 0.231 e. The minimum atomic E-state index is 0.325. The van der Waals surface area contributed by atoms with Gasteiger partial charge in [0, 0.05) is 0 Å². The fraction of sp³-hybridized carbons (Fsp3) is 0.333. The summed E-state index contributed by atoms with van der Waals surface area (Å²) in [5, 5.41) is 0. The van der Waals surface area contributed by atoms with Crippen molar-refractivity contribution in [3.8, 4) is 11.5 Å². The molecule has 0 atom stereocenters. The molecule has 0 spiro atoms. The lowest BCUT2D eigenvalue weighted by molar-refractivity contribution is 0.174. The number of benzene rings is 1. The maximum atomic E-state index is 5.36. The second kappa shape index (κ2) is 6.99. The Balaban J connectivity index is 1.90. The highest BCUT2D eigenvalue weighted by Gasteiger charge is 2.11. The number of hydrogen-bond acceptors (Lipinski definition) is 2. The van der Waals surface area contributed by atoms with Gasteiger partial charge in [-0.3, -0.25) is 0 Å². The third-order valence-electron chi connectivity index (χ3n) is 3.16. The van der Waals surface area contributed by atoms with Gasteiger partial charge in [0.15, 0.2) is 11.5 Å². The predicted molar refractivity (Wildman–Crippen MR) is 84.0 cm³/mol. The number of ether oxygens (including phenoxy) is 2. The summed E-state index contributed by atoms with van der Waals surface area (Å²) in [5.41, 5.74) is 3.90. The second-order valence-corrected chi connectivity index (χ2v) is 5.30. The summed E-state index contributed by atoms with van der Waals surface area (Å²) in [6.07, 6.45) is 10.9. The van der Waals surface area contributed by atoms with Crippen LogP contribution >= 0.6 is 0 Å². The highest BCUT2D eigenvalue weighted by Crippen LogP contribution is 2.32. The van der Waals surface area contributed by atoms with Crippen LogP contribution in [0.4, 0.5) is 0 Å². The average molecular weight is 270 g/mol. The Kier molecular flexibility index (Phi) is 5.05. The Morgan fingerprint density at radius 3 is 2.75 bits per heavy atom. The first kappa shape index (κ1) is 14.4. The SMILES string of the molecule is CC(C)=CCC/C(C)=C/C=C/c1ccc2c(c1)OCO2. The summed E-state index contributed by atoms with van der Waals surface area (Å²) in [6.45, 7) is 6.77. The van der Waals surface area contributed by atoms with Crippen molar-refractivity contribution in [1.82, 2.24) is 0 Å². The van der Waals surface area contributed by atoms with Gasteiger partial charge in [-0.15, -0.1) is 0 Å². The smallest absolute Gasteiger partial charge is 0.231 e. The molecule has 1 aliphatic rings. The van der Waals surface area contributed by atoms with Crippen molar-refractivity contribution in [2.75, 3.05) is 6.79 Å². The highest BCUT2D eigenvalue weighted by atomic mass is 16.7. The Morgan fingerprint density at radius 1 is 1.15 bits per heavy atom. The zero-order chi connectivity index (χ0) is 14.4. The lowest BCUT2D eigenvalue weighted by atomic mass is 10.1. The quantitative estimate of drug-likeness (QED) is 0.546. The third kappa shape index (κ3) is 4.30. The molecule has 0 aliphatic carbocycles. The van der Waals surface area contributed by atoms with Crippen LogP contribution < -0.4 is 9.47 Å². The van der Waals surface area contributed by atoms with E-state index >= 15 is 0 Å². The fourth-order valence-corrected chi connectivity index (χ4v) is 2.01. The number of fused-ring (bicyclic) bond motifs is 1. The molecule has 1 heterocycles. The van der Waals surface area contributed by atoms with Gasteiger partial charge in [-0.1, -0.05) is 41.5 Å². The zero-order valence-electron chi connectivity index (χ0n) is 12.5. The van der Waals surface area contributed by atoms with Gasteiger partial charge >= 0.3 is 0 Å². The summed E-state index contributed by atoms with van der Waals surface area (Å²) in [7, 11) is 0. The first-order chi connectivity index (χ1) is 9.65. The summed E-state index contributed by atoms with van der Waals surface area (Å²) in [5.74, 6) is 1.66. The molecule has 1 aromatic carbocycles. The normalized spacial score (nSPS) is 13.8. The zero-order valence-corrected chi connectivity index (χ0v) is 12.5. The van der Waals surface area contributed by atoms with Gasteiger partial charge in [0.05, 0.1) is 0 Å². The van der Waals surface area contributed by atoms with Crippen molar-refractivity contribution < 1.29 is 9.47 Å². The molecule has 0 N–H and O–H groups in total. The van der Waals surface area contributed by atoms with E-state index in [4.69, 9.17) is 9.47 Å². The summed E-state index contributed by atoms with van der Waals surface area (Å²) in [4.78, 5) is 0. The molecular weight excluding hydrogens is 248 g/mol. The van der Waals surface area contributed by atoms with Crippen LogP contribution in [0.1, 0.15) is 39.2 Å². The van der Waals surface area contributed by atoms with Crippen molar-refractivity contribution >= 4 is 6.08 Å². The van der Waals surface area contributed by atoms with Gasteiger partial charge in [0.25, 0.3) is 0 Å². The maximum absolute atomic E-state index is 5.36. The molecule has 1 aliphatic heterocycles. The molecule has 0 aromatic heterocycles. The van der Waals surface area contributed by atoms with Gasteiger partial charge in [-0.25, -0.2) is 0 Å². The van der Waals surface area contributed by atoms with E-state index in [9.17, 15) is 0 Å². The molecule has 2 heteroatoms. The molecule has 106 valence electrons. The Labute approximate surface area is 121 Å². The van der Waals surface area contributed by atoms with E-state index in [-0.39, 0.29) is 0 Å². The first-order valence-corrected chi connectivity index (χ1v) is 7.02. The van der Waals surface area contributed by atoms with Crippen LogP contribution in [0.5, 0.6) is 11.5 Å².